The summed E-state index contributed by atoms with van der Waals surface area (Å²) in [5.74, 6) is -0.689. The van der Waals surface area contributed by atoms with Gasteiger partial charge in [-0.1, -0.05) is 49.9 Å². The predicted octanol–water partition coefficient (Wildman–Crippen LogP) is 4.07. The highest BCUT2D eigenvalue weighted by Crippen LogP contribution is 2.28. The van der Waals surface area contributed by atoms with Gasteiger partial charge in [-0.25, -0.2) is 4.79 Å². The minimum Gasteiger partial charge on any atom is -0.323 e. The van der Waals surface area contributed by atoms with E-state index in [1.807, 2.05) is 13.8 Å². The van der Waals surface area contributed by atoms with Gasteiger partial charge in [0.1, 0.15) is 5.54 Å². The van der Waals surface area contributed by atoms with Gasteiger partial charge in [-0.2, -0.15) is 0 Å². The Kier molecular flexibility index (Phi) is 5.88. The minimum atomic E-state index is -0.890. The first-order chi connectivity index (χ1) is 11.3. The van der Waals surface area contributed by atoms with E-state index in [2.05, 4.69) is 5.32 Å². The van der Waals surface area contributed by atoms with Crippen molar-refractivity contribution in [2.75, 3.05) is 6.54 Å². The van der Waals surface area contributed by atoms with Crippen molar-refractivity contribution >= 4 is 40.9 Å². The van der Waals surface area contributed by atoms with E-state index in [0.29, 0.717) is 23.4 Å². The Hall–Kier alpha value is -1.59. The molecule has 24 heavy (non-hydrogen) atoms. The Balaban J connectivity index is 2.19. The summed E-state index contributed by atoms with van der Waals surface area (Å²) in [5, 5.41) is 3.38. The lowest BCUT2D eigenvalue weighted by atomic mass is 9.88. The van der Waals surface area contributed by atoms with Gasteiger partial charge in [0.15, 0.2) is 5.78 Å². The van der Waals surface area contributed by atoms with Crippen LogP contribution in [0.5, 0.6) is 0 Å². The van der Waals surface area contributed by atoms with E-state index >= 15 is 0 Å². The van der Waals surface area contributed by atoms with E-state index in [-0.39, 0.29) is 23.3 Å². The van der Waals surface area contributed by atoms with Crippen molar-refractivity contribution < 1.29 is 14.4 Å². The summed E-state index contributed by atoms with van der Waals surface area (Å²) in [7, 11) is 0. The van der Waals surface area contributed by atoms with Crippen LogP contribution in [0.3, 0.4) is 0 Å². The van der Waals surface area contributed by atoms with Crippen molar-refractivity contribution in [2.24, 2.45) is 0 Å². The molecular weight excluding hydrogens is 351 g/mol. The third kappa shape index (κ3) is 3.57. The molecule has 3 amide bonds. The SMILES string of the molecule is CCCC1(CCC)NC(=O)N(CC(=O)c2ccc(Cl)c(Cl)c2)C1=O. The van der Waals surface area contributed by atoms with Crippen molar-refractivity contribution in [3.8, 4) is 0 Å². The molecule has 1 saturated heterocycles. The van der Waals surface area contributed by atoms with Gasteiger partial charge >= 0.3 is 6.03 Å². The molecule has 1 N–H and O–H groups in total. The first kappa shape index (κ1) is 18.7. The molecule has 7 heteroatoms. The van der Waals surface area contributed by atoms with Crippen molar-refractivity contribution in [3.05, 3.63) is 33.8 Å². The molecular formula is C17H20Cl2N2O3. The molecule has 5 nitrogen and oxygen atoms in total. The highest BCUT2D eigenvalue weighted by molar-refractivity contribution is 6.42. The first-order valence-corrected chi connectivity index (χ1v) is 8.72. The average Bonchev–Trinajstić information content (AvgIpc) is 2.75. The van der Waals surface area contributed by atoms with Crippen molar-refractivity contribution in [1.29, 1.82) is 0 Å². The molecule has 0 aliphatic carbocycles. The standard InChI is InChI=1S/C17H20Cl2N2O3/c1-3-7-17(8-4-2)15(23)21(16(24)20-17)10-14(22)11-5-6-12(18)13(19)9-11/h5-6,9H,3-4,7-8,10H2,1-2H3,(H,20,24). The molecule has 0 spiro atoms. The monoisotopic (exact) mass is 370 g/mol. The van der Waals surface area contributed by atoms with E-state index in [9.17, 15) is 14.4 Å². The summed E-state index contributed by atoms with van der Waals surface area (Å²) in [6.07, 6.45) is 2.65. The van der Waals surface area contributed by atoms with E-state index in [4.69, 9.17) is 23.2 Å². The quantitative estimate of drug-likeness (QED) is 0.581. The zero-order valence-corrected chi connectivity index (χ0v) is 15.2. The summed E-state index contributed by atoms with van der Waals surface area (Å²) in [5.41, 5.74) is -0.577. The molecule has 1 heterocycles. The average molecular weight is 371 g/mol. The van der Waals surface area contributed by atoms with Crippen LogP contribution in [0.25, 0.3) is 0 Å². The highest BCUT2D eigenvalue weighted by atomic mass is 35.5. The zero-order valence-electron chi connectivity index (χ0n) is 13.7. The zero-order chi connectivity index (χ0) is 17.9. The van der Waals surface area contributed by atoms with Gasteiger partial charge in [0, 0.05) is 5.56 Å². The van der Waals surface area contributed by atoms with Crippen molar-refractivity contribution in [3.63, 3.8) is 0 Å². The maximum Gasteiger partial charge on any atom is 0.325 e. The number of ketones is 1. The molecule has 1 aromatic carbocycles. The van der Waals surface area contributed by atoms with Gasteiger partial charge < -0.3 is 5.32 Å². The number of carbonyl (C=O) groups excluding carboxylic acids is 3. The maximum atomic E-state index is 12.7. The largest absolute Gasteiger partial charge is 0.325 e. The number of amides is 3. The number of hydrogen-bond acceptors (Lipinski definition) is 3. The molecule has 0 atom stereocenters. The van der Waals surface area contributed by atoms with Gasteiger partial charge in [0.05, 0.1) is 16.6 Å². The van der Waals surface area contributed by atoms with Gasteiger partial charge in [-0.15, -0.1) is 0 Å². The number of carbonyl (C=O) groups is 3. The van der Waals surface area contributed by atoms with Gasteiger partial charge in [-0.05, 0) is 31.0 Å². The number of nitrogens with one attached hydrogen (secondary N) is 1. The molecule has 0 aromatic heterocycles. The van der Waals surface area contributed by atoms with E-state index in [1.54, 1.807) is 0 Å². The molecule has 1 aliphatic rings. The highest BCUT2D eigenvalue weighted by Gasteiger charge is 2.50. The molecule has 0 radical (unpaired) electrons. The normalized spacial score (nSPS) is 16.4. The fourth-order valence-electron chi connectivity index (χ4n) is 3.04. The second kappa shape index (κ2) is 7.53. The molecule has 1 fully saturated rings. The topological polar surface area (TPSA) is 66.5 Å². The number of Topliss-reactive ketones (excluding diaryl/α,β-unsaturated/α-hetero) is 1. The van der Waals surface area contributed by atoms with Crippen LogP contribution in [0, 0.1) is 0 Å². The molecule has 130 valence electrons. The van der Waals surface area contributed by atoms with Crippen molar-refractivity contribution in [2.45, 2.75) is 45.1 Å². The molecule has 0 unspecified atom stereocenters. The van der Waals surface area contributed by atoms with E-state index in [1.165, 1.54) is 18.2 Å². The van der Waals surface area contributed by atoms with Crippen LogP contribution in [0.2, 0.25) is 10.0 Å². The van der Waals surface area contributed by atoms with Crippen molar-refractivity contribution in [1.82, 2.24) is 10.2 Å². The molecule has 1 aliphatic heterocycles. The second-order valence-corrected chi connectivity index (χ2v) is 6.77. The fraction of sp³-hybridized carbons (Fsp3) is 0.471. The Morgan fingerprint density at radius 2 is 1.75 bits per heavy atom. The van der Waals surface area contributed by atoms with Crippen LogP contribution < -0.4 is 5.32 Å². The lowest BCUT2D eigenvalue weighted by molar-refractivity contribution is -0.131. The lowest BCUT2D eigenvalue weighted by Crippen LogP contribution is -2.47. The number of imide groups is 1. The summed E-state index contributed by atoms with van der Waals surface area (Å²) >= 11 is 11.8. The molecule has 0 saturated carbocycles. The number of nitrogens with zero attached hydrogens (tertiary/aromatic N) is 1. The Bertz CT molecular complexity index is 670. The number of urea groups is 1. The number of rotatable bonds is 7. The fourth-order valence-corrected chi connectivity index (χ4v) is 3.34. The van der Waals surface area contributed by atoms with Gasteiger partial charge in [-0.3, -0.25) is 14.5 Å². The van der Waals surface area contributed by atoms with Crippen LogP contribution in [-0.4, -0.2) is 34.7 Å². The molecule has 0 bridgehead atoms. The molecule has 2 rings (SSSR count). The van der Waals surface area contributed by atoms with Crippen LogP contribution in [0.15, 0.2) is 18.2 Å². The lowest BCUT2D eigenvalue weighted by Gasteiger charge is -2.25. The van der Waals surface area contributed by atoms with Crippen LogP contribution >= 0.6 is 23.2 Å². The minimum absolute atomic E-state index is 0.256. The summed E-state index contributed by atoms with van der Waals surface area (Å²) in [6, 6.07) is 3.97. The third-order valence-corrected chi connectivity index (χ3v) is 4.88. The predicted molar refractivity (Wildman–Crippen MR) is 93.6 cm³/mol. The Morgan fingerprint density at radius 3 is 2.29 bits per heavy atom. The summed E-state index contributed by atoms with van der Waals surface area (Å²) in [6.45, 7) is 3.61. The van der Waals surface area contributed by atoms with Crippen LogP contribution in [0.1, 0.15) is 49.9 Å². The number of halogens is 2. The smallest absolute Gasteiger partial charge is 0.323 e. The number of hydrogen-bond donors (Lipinski definition) is 1. The second-order valence-electron chi connectivity index (χ2n) is 5.96. The summed E-state index contributed by atoms with van der Waals surface area (Å²) < 4.78 is 0. The third-order valence-electron chi connectivity index (χ3n) is 4.14. The van der Waals surface area contributed by atoms with Crippen LogP contribution in [-0.2, 0) is 4.79 Å². The Labute approximate surface area is 151 Å². The van der Waals surface area contributed by atoms with E-state index in [0.717, 1.165) is 17.7 Å². The van der Waals surface area contributed by atoms with Gasteiger partial charge in [0.25, 0.3) is 5.91 Å². The summed E-state index contributed by atoms with van der Waals surface area (Å²) in [4.78, 5) is 38.4. The first-order valence-electron chi connectivity index (χ1n) is 7.97. The van der Waals surface area contributed by atoms with Gasteiger partial charge in [0.2, 0.25) is 0 Å². The maximum absolute atomic E-state index is 12.7. The van der Waals surface area contributed by atoms with Crippen LogP contribution in [0.4, 0.5) is 4.79 Å². The van der Waals surface area contributed by atoms with E-state index < -0.39 is 11.6 Å². The molecule has 1 aromatic rings. The number of benzene rings is 1. The Morgan fingerprint density at radius 1 is 1.12 bits per heavy atom.